The molecule has 0 aromatic carbocycles. The normalized spacial score (nSPS) is 10.4. The van der Waals surface area contributed by atoms with Crippen LogP contribution in [0.1, 0.15) is 5.56 Å². The smallest absolute Gasteiger partial charge is 0.181 e. The summed E-state index contributed by atoms with van der Waals surface area (Å²) in [6.45, 7) is 0. The number of hydrogen-bond acceptors (Lipinski definition) is 7. The zero-order valence-corrected chi connectivity index (χ0v) is 9.72. The Morgan fingerprint density at radius 3 is 3.06 bits per heavy atom. The fourth-order valence-electron chi connectivity index (χ4n) is 1.39. The number of aromatic nitrogens is 6. The van der Waals surface area contributed by atoms with Crippen molar-refractivity contribution in [3.8, 4) is 6.07 Å². The van der Waals surface area contributed by atoms with Gasteiger partial charge in [0, 0.05) is 0 Å². The van der Waals surface area contributed by atoms with Crippen LogP contribution >= 0.6 is 11.8 Å². The molecule has 0 aliphatic heterocycles. The maximum Gasteiger partial charge on any atom is 0.181 e. The van der Waals surface area contributed by atoms with E-state index in [1.807, 2.05) is 0 Å². The monoisotopic (exact) mass is 255 g/mol. The Balaban J connectivity index is 2.07. The Labute approximate surface area is 105 Å². The lowest BCUT2D eigenvalue weighted by Gasteiger charge is -2.01. The Bertz CT molecular complexity index is 745. The maximum atomic E-state index is 8.99. The summed E-state index contributed by atoms with van der Waals surface area (Å²) in [5.41, 5.74) is 1.76. The van der Waals surface area contributed by atoms with Crippen LogP contribution in [0.5, 0.6) is 0 Å². The summed E-state index contributed by atoms with van der Waals surface area (Å²) >= 11 is 1.25. The zero-order chi connectivity index (χ0) is 12.4. The van der Waals surface area contributed by atoms with E-state index in [2.05, 4.69) is 36.2 Å². The van der Waals surface area contributed by atoms with Crippen molar-refractivity contribution in [2.75, 3.05) is 0 Å². The van der Waals surface area contributed by atoms with Crippen molar-refractivity contribution in [2.24, 2.45) is 0 Å². The average molecular weight is 255 g/mol. The molecular formula is C10H5N7S. The highest BCUT2D eigenvalue weighted by atomic mass is 32.2. The number of nitrogens with one attached hydrogen (secondary N) is 1. The number of nitrogens with zero attached hydrogens (tertiary/aromatic N) is 6. The number of imidazole rings is 1. The minimum Gasteiger partial charge on any atom is -0.341 e. The minimum absolute atomic E-state index is 0.460. The van der Waals surface area contributed by atoms with Gasteiger partial charge in [0.2, 0.25) is 0 Å². The lowest BCUT2D eigenvalue weighted by atomic mass is 10.3. The summed E-state index contributed by atoms with van der Waals surface area (Å²) in [5.74, 6) is 0. The molecule has 0 atom stereocenters. The van der Waals surface area contributed by atoms with E-state index in [0.29, 0.717) is 21.3 Å². The summed E-state index contributed by atoms with van der Waals surface area (Å²) in [6.07, 6.45) is 4.45. The van der Waals surface area contributed by atoms with Gasteiger partial charge >= 0.3 is 0 Å². The van der Waals surface area contributed by atoms with E-state index in [1.165, 1.54) is 24.3 Å². The molecule has 1 N–H and O–H groups in total. The van der Waals surface area contributed by atoms with Crippen LogP contribution in [0.2, 0.25) is 0 Å². The largest absolute Gasteiger partial charge is 0.341 e. The van der Waals surface area contributed by atoms with E-state index < -0.39 is 0 Å². The molecule has 0 radical (unpaired) electrons. The maximum absolute atomic E-state index is 8.99. The third kappa shape index (κ3) is 1.76. The molecule has 3 rings (SSSR count). The van der Waals surface area contributed by atoms with Crippen LogP contribution < -0.4 is 0 Å². The molecule has 0 fully saturated rings. The van der Waals surface area contributed by atoms with Gasteiger partial charge in [-0.15, -0.1) is 5.10 Å². The molecule has 0 spiro atoms. The summed E-state index contributed by atoms with van der Waals surface area (Å²) in [5, 5.41) is 17.9. The van der Waals surface area contributed by atoms with Crippen LogP contribution in [0.25, 0.3) is 11.2 Å². The number of rotatable bonds is 2. The van der Waals surface area contributed by atoms with Gasteiger partial charge in [-0.3, -0.25) is 0 Å². The lowest BCUT2D eigenvalue weighted by molar-refractivity contribution is 0.917. The first-order chi connectivity index (χ1) is 8.88. The first-order valence-corrected chi connectivity index (χ1v) is 5.74. The van der Waals surface area contributed by atoms with Crippen LogP contribution in [-0.4, -0.2) is 30.1 Å². The second kappa shape index (κ2) is 4.38. The van der Waals surface area contributed by atoms with E-state index in [4.69, 9.17) is 5.26 Å². The van der Waals surface area contributed by atoms with Gasteiger partial charge in [0.15, 0.2) is 5.65 Å². The van der Waals surface area contributed by atoms with Crippen LogP contribution in [-0.2, 0) is 0 Å². The molecule has 0 aliphatic rings. The van der Waals surface area contributed by atoms with E-state index in [0.717, 1.165) is 5.52 Å². The third-order valence-electron chi connectivity index (χ3n) is 2.19. The van der Waals surface area contributed by atoms with Gasteiger partial charge in [0.05, 0.1) is 18.1 Å². The second-order valence-corrected chi connectivity index (χ2v) is 4.22. The van der Waals surface area contributed by atoms with Crippen molar-refractivity contribution in [1.82, 2.24) is 30.1 Å². The molecule has 0 bridgehead atoms. The zero-order valence-electron chi connectivity index (χ0n) is 8.90. The molecule has 7 nitrogen and oxygen atoms in total. The average Bonchev–Trinajstić information content (AvgIpc) is 2.89. The quantitative estimate of drug-likeness (QED) is 0.685. The van der Waals surface area contributed by atoms with Crippen molar-refractivity contribution >= 4 is 22.9 Å². The fourth-order valence-corrected chi connectivity index (χ4v) is 2.24. The van der Waals surface area contributed by atoms with E-state index in [1.54, 1.807) is 12.4 Å². The standard InChI is InChI=1S/C10H5N7S/c11-3-6-1-2-16-17-9(6)18-10-7-8(13-4-12-7)14-5-15-10/h1-2,4-5H,(H,12,13,14,15). The van der Waals surface area contributed by atoms with Gasteiger partial charge in [-0.2, -0.15) is 10.4 Å². The Morgan fingerprint density at radius 1 is 1.22 bits per heavy atom. The molecule has 0 saturated carbocycles. The van der Waals surface area contributed by atoms with Crippen molar-refractivity contribution in [3.05, 3.63) is 30.5 Å². The number of fused-ring (bicyclic) bond motifs is 1. The summed E-state index contributed by atoms with van der Waals surface area (Å²) in [6, 6.07) is 3.68. The second-order valence-electron chi connectivity index (χ2n) is 3.24. The molecule has 3 aromatic heterocycles. The summed E-state index contributed by atoms with van der Waals surface area (Å²) < 4.78 is 0. The molecule has 8 heteroatoms. The van der Waals surface area contributed by atoms with Crippen molar-refractivity contribution in [3.63, 3.8) is 0 Å². The van der Waals surface area contributed by atoms with Gasteiger partial charge in [0.1, 0.15) is 28.0 Å². The first kappa shape index (κ1) is 10.6. The number of aromatic amines is 1. The van der Waals surface area contributed by atoms with Crippen molar-refractivity contribution in [1.29, 1.82) is 5.26 Å². The van der Waals surface area contributed by atoms with Crippen LogP contribution in [0.4, 0.5) is 0 Å². The van der Waals surface area contributed by atoms with E-state index >= 15 is 0 Å². The van der Waals surface area contributed by atoms with Gasteiger partial charge in [0.25, 0.3) is 0 Å². The molecule has 86 valence electrons. The highest BCUT2D eigenvalue weighted by Crippen LogP contribution is 2.29. The van der Waals surface area contributed by atoms with E-state index in [-0.39, 0.29) is 0 Å². The summed E-state index contributed by atoms with van der Waals surface area (Å²) in [7, 11) is 0. The van der Waals surface area contributed by atoms with Crippen LogP contribution in [0.3, 0.4) is 0 Å². The molecule has 0 unspecified atom stereocenters. The Morgan fingerprint density at radius 2 is 2.17 bits per heavy atom. The SMILES string of the molecule is N#Cc1ccnnc1Sc1ncnc2nc[nH]c12. The van der Waals surface area contributed by atoms with Crippen molar-refractivity contribution in [2.45, 2.75) is 10.1 Å². The van der Waals surface area contributed by atoms with Gasteiger partial charge in [-0.1, -0.05) is 0 Å². The molecule has 3 heterocycles. The van der Waals surface area contributed by atoms with E-state index in [9.17, 15) is 0 Å². The minimum atomic E-state index is 0.460. The predicted molar refractivity (Wildman–Crippen MR) is 62.6 cm³/mol. The number of nitriles is 1. The molecule has 0 saturated heterocycles. The molecule has 0 amide bonds. The Hall–Kier alpha value is -2.53. The number of hydrogen-bond donors (Lipinski definition) is 1. The molecule has 3 aromatic rings. The molecule has 18 heavy (non-hydrogen) atoms. The highest BCUT2D eigenvalue weighted by Gasteiger charge is 2.11. The topological polar surface area (TPSA) is 104 Å². The highest BCUT2D eigenvalue weighted by molar-refractivity contribution is 7.99. The fraction of sp³-hybridized carbons (Fsp3) is 0. The first-order valence-electron chi connectivity index (χ1n) is 4.92. The van der Waals surface area contributed by atoms with Gasteiger partial charge in [-0.05, 0) is 17.8 Å². The third-order valence-corrected chi connectivity index (χ3v) is 3.19. The number of H-pyrrole nitrogens is 1. The van der Waals surface area contributed by atoms with Crippen LogP contribution in [0, 0.1) is 11.3 Å². The Kier molecular flexibility index (Phi) is 2.59. The predicted octanol–water partition coefficient (Wildman–Crippen LogP) is 1.17. The van der Waals surface area contributed by atoms with Gasteiger partial charge < -0.3 is 4.98 Å². The summed E-state index contributed by atoms with van der Waals surface area (Å²) in [4.78, 5) is 15.2. The molecule has 0 aliphatic carbocycles. The lowest BCUT2D eigenvalue weighted by Crippen LogP contribution is -1.91. The van der Waals surface area contributed by atoms with Crippen LogP contribution in [0.15, 0.2) is 35.0 Å². The van der Waals surface area contributed by atoms with Gasteiger partial charge in [-0.25, -0.2) is 15.0 Å². The van der Waals surface area contributed by atoms with Crippen molar-refractivity contribution < 1.29 is 0 Å². The molecular weight excluding hydrogens is 250 g/mol.